The van der Waals surface area contributed by atoms with Gasteiger partial charge in [-0.25, -0.2) is 0 Å². The summed E-state index contributed by atoms with van der Waals surface area (Å²) in [5.74, 6) is 0. The van der Waals surface area contributed by atoms with Gasteiger partial charge >= 0.3 is 0 Å². The maximum absolute atomic E-state index is 2.46. The molecule has 8 aromatic carbocycles. The Hall–Kier alpha value is -6.18. The molecule has 0 aliphatic heterocycles. The lowest BCUT2D eigenvalue weighted by molar-refractivity contribution is 0.660. The zero-order chi connectivity index (χ0) is 35.9. The van der Waals surface area contributed by atoms with Crippen LogP contribution in [0.4, 0.5) is 17.1 Å². The molecule has 0 unspecified atom stereocenters. The van der Waals surface area contributed by atoms with Gasteiger partial charge in [0.05, 0.1) is 0 Å². The molecule has 1 heteroatoms. The third kappa shape index (κ3) is 4.91. The van der Waals surface area contributed by atoms with Crippen molar-refractivity contribution in [3.05, 3.63) is 198 Å². The smallest absolute Gasteiger partial charge is 0.0468 e. The minimum absolute atomic E-state index is 0.0852. The monoisotopic (exact) mass is 679 g/mol. The average Bonchev–Trinajstić information content (AvgIpc) is 3.57. The van der Waals surface area contributed by atoms with Crippen molar-refractivity contribution in [3.63, 3.8) is 0 Å². The van der Waals surface area contributed by atoms with Crippen molar-refractivity contribution < 1.29 is 0 Å². The highest BCUT2D eigenvalue weighted by Gasteiger charge is 2.38. The largest absolute Gasteiger partial charge is 0.310 e. The molecule has 0 aromatic heterocycles. The van der Waals surface area contributed by atoms with Gasteiger partial charge < -0.3 is 4.90 Å². The van der Waals surface area contributed by atoms with Gasteiger partial charge in [-0.3, -0.25) is 0 Å². The number of anilines is 3. The Labute approximate surface area is 312 Å². The van der Waals surface area contributed by atoms with E-state index in [1.165, 1.54) is 88.9 Å². The fraction of sp³-hybridized carbons (Fsp3) is 0.115. The molecule has 53 heavy (non-hydrogen) atoms. The van der Waals surface area contributed by atoms with Crippen molar-refractivity contribution in [1.29, 1.82) is 0 Å². The van der Waals surface area contributed by atoms with E-state index >= 15 is 0 Å². The highest BCUT2D eigenvalue weighted by atomic mass is 15.1. The molecule has 0 amide bonds. The lowest BCUT2D eigenvalue weighted by atomic mass is 9.81. The second-order valence-electron chi connectivity index (χ2n) is 15.8. The van der Waals surface area contributed by atoms with Crippen LogP contribution in [0.2, 0.25) is 0 Å². The van der Waals surface area contributed by atoms with E-state index in [2.05, 4.69) is 209 Å². The quantitative estimate of drug-likeness (QED) is 0.175. The highest BCUT2D eigenvalue weighted by molar-refractivity contribution is 5.92. The van der Waals surface area contributed by atoms with E-state index in [0.29, 0.717) is 0 Å². The second-order valence-corrected chi connectivity index (χ2v) is 15.8. The van der Waals surface area contributed by atoms with Gasteiger partial charge in [0.1, 0.15) is 0 Å². The predicted octanol–water partition coefficient (Wildman–Crippen LogP) is 14.3. The first kappa shape index (κ1) is 31.5. The molecule has 2 aliphatic carbocycles. The third-order valence-corrected chi connectivity index (χ3v) is 12.1. The van der Waals surface area contributed by atoms with Crippen molar-refractivity contribution in [1.82, 2.24) is 0 Å². The van der Waals surface area contributed by atoms with Gasteiger partial charge in [0, 0.05) is 27.9 Å². The van der Waals surface area contributed by atoms with Crippen molar-refractivity contribution in [3.8, 4) is 44.5 Å². The summed E-state index contributed by atoms with van der Waals surface area (Å²) < 4.78 is 0. The third-order valence-electron chi connectivity index (χ3n) is 12.1. The molecule has 0 saturated carbocycles. The summed E-state index contributed by atoms with van der Waals surface area (Å²) in [7, 11) is 0. The molecule has 1 nitrogen and oxygen atoms in total. The molecule has 2 aliphatic rings. The van der Waals surface area contributed by atoms with E-state index in [0.717, 1.165) is 5.69 Å². The van der Waals surface area contributed by atoms with Crippen LogP contribution in [0.1, 0.15) is 49.9 Å². The molecular formula is C52H41N. The van der Waals surface area contributed by atoms with Gasteiger partial charge in [-0.05, 0) is 120 Å². The van der Waals surface area contributed by atoms with E-state index in [-0.39, 0.29) is 10.8 Å². The molecular weight excluding hydrogens is 639 g/mol. The van der Waals surface area contributed by atoms with E-state index in [4.69, 9.17) is 0 Å². The zero-order valence-electron chi connectivity index (χ0n) is 30.7. The molecule has 0 bridgehead atoms. The molecule has 10 rings (SSSR count). The van der Waals surface area contributed by atoms with E-state index in [1.807, 2.05) is 0 Å². The number of hydrogen-bond donors (Lipinski definition) is 0. The first-order chi connectivity index (χ1) is 25.8. The topological polar surface area (TPSA) is 3.24 Å². The highest BCUT2D eigenvalue weighted by Crippen LogP contribution is 2.53. The Balaban J connectivity index is 1.07. The summed E-state index contributed by atoms with van der Waals surface area (Å²) in [6.07, 6.45) is 0. The zero-order valence-corrected chi connectivity index (χ0v) is 30.7. The van der Waals surface area contributed by atoms with Crippen LogP contribution in [0.15, 0.2) is 176 Å². The van der Waals surface area contributed by atoms with Gasteiger partial charge in [-0.15, -0.1) is 0 Å². The van der Waals surface area contributed by atoms with Crippen LogP contribution >= 0.6 is 0 Å². The fourth-order valence-corrected chi connectivity index (χ4v) is 9.12. The lowest BCUT2D eigenvalue weighted by Gasteiger charge is -2.30. The summed E-state index contributed by atoms with van der Waals surface area (Å²) >= 11 is 0. The standard InChI is InChI=1S/C52H41N/c1-51(2)47-17-11-10-16-43(47)45-28-25-41(32-49(45)51)53(40-24-22-35-14-8-9-15-38(35)30-40)42-26-29-46-44-27-23-39(31-48(44)52(3,4)50(46)33-42)37-20-18-36(19-21-37)34-12-6-5-7-13-34/h5-33H,1-4H3. The molecule has 0 atom stereocenters. The van der Waals surface area contributed by atoms with Crippen molar-refractivity contribution in [2.24, 2.45) is 0 Å². The maximum Gasteiger partial charge on any atom is 0.0468 e. The Kier molecular flexibility index (Phi) is 6.94. The van der Waals surface area contributed by atoms with Gasteiger partial charge in [0.25, 0.3) is 0 Å². The SMILES string of the molecule is CC1(C)c2ccccc2-c2ccc(N(c3ccc4c(c3)C(C)(C)c3cc(-c5ccc(-c6ccccc6)cc5)ccc3-4)c3ccc4ccccc4c3)cc21. The van der Waals surface area contributed by atoms with Crippen molar-refractivity contribution >= 4 is 27.8 Å². The molecule has 0 fully saturated rings. The van der Waals surface area contributed by atoms with Gasteiger partial charge in [0.15, 0.2) is 0 Å². The predicted molar refractivity (Wildman–Crippen MR) is 225 cm³/mol. The maximum atomic E-state index is 2.46. The van der Waals surface area contributed by atoms with Crippen LogP contribution in [0.25, 0.3) is 55.3 Å². The van der Waals surface area contributed by atoms with E-state index in [1.54, 1.807) is 0 Å². The van der Waals surface area contributed by atoms with Crippen LogP contribution in [0.5, 0.6) is 0 Å². The van der Waals surface area contributed by atoms with Gasteiger partial charge in [0.2, 0.25) is 0 Å². The summed E-state index contributed by atoms with van der Waals surface area (Å²) in [5, 5.41) is 2.49. The summed E-state index contributed by atoms with van der Waals surface area (Å²) in [5.41, 5.74) is 19.1. The average molecular weight is 680 g/mol. The molecule has 254 valence electrons. The molecule has 0 heterocycles. The second kappa shape index (κ2) is 11.7. The minimum atomic E-state index is -0.169. The molecule has 0 spiro atoms. The first-order valence-corrected chi connectivity index (χ1v) is 18.8. The molecule has 0 saturated heterocycles. The number of fused-ring (bicyclic) bond motifs is 7. The molecule has 0 N–H and O–H groups in total. The van der Waals surface area contributed by atoms with Gasteiger partial charge in [-0.2, -0.15) is 0 Å². The van der Waals surface area contributed by atoms with Crippen molar-refractivity contribution in [2.75, 3.05) is 4.90 Å². The van der Waals surface area contributed by atoms with Crippen LogP contribution < -0.4 is 4.90 Å². The Morgan fingerprint density at radius 1 is 0.302 bits per heavy atom. The number of benzene rings is 8. The minimum Gasteiger partial charge on any atom is -0.310 e. The van der Waals surface area contributed by atoms with Crippen LogP contribution in [-0.4, -0.2) is 0 Å². The van der Waals surface area contributed by atoms with Gasteiger partial charge in [-0.1, -0.05) is 161 Å². The molecule has 0 radical (unpaired) electrons. The van der Waals surface area contributed by atoms with E-state index in [9.17, 15) is 0 Å². The molecule has 8 aromatic rings. The fourth-order valence-electron chi connectivity index (χ4n) is 9.12. The van der Waals surface area contributed by atoms with Crippen LogP contribution in [0, 0.1) is 0 Å². The summed E-state index contributed by atoms with van der Waals surface area (Å²) in [6.45, 7) is 9.50. The number of nitrogens with zero attached hydrogens (tertiary/aromatic N) is 1. The first-order valence-electron chi connectivity index (χ1n) is 18.8. The summed E-state index contributed by atoms with van der Waals surface area (Å²) in [4.78, 5) is 2.46. The Morgan fingerprint density at radius 2 is 0.736 bits per heavy atom. The summed E-state index contributed by atoms with van der Waals surface area (Å²) in [6, 6.07) is 65.3. The normalized spacial score (nSPS) is 14.3. The van der Waals surface area contributed by atoms with Crippen LogP contribution in [-0.2, 0) is 10.8 Å². The van der Waals surface area contributed by atoms with Crippen molar-refractivity contribution in [2.45, 2.75) is 38.5 Å². The Morgan fingerprint density at radius 3 is 1.42 bits per heavy atom. The lowest BCUT2D eigenvalue weighted by Crippen LogP contribution is -2.18. The number of hydrogen-bond acceptors (Lipinski definition) is 1. The number of rotatable bonds is 5. The van der Waals surface area contributed by atoms with E-state index < -0.39 is 0 Å². The Bertz CT molecular complexity index is 2710. The van der Waals surface area contributed by atoms with Crippen LogP contribution in [0.3, 0.4) is 0 Å².